The Morgan fingerprint density at radius 1 is 0.870 bits per heavy atom. The highest BCUT2D eigenvalue weighted by Gasteiger charge is 2.41. The van der Waals surface area contributed by atoms with Gasteiger partial charge in [-0.25, -0.2) is 13.2 Å². The molecule has 0 radical (unpaired) electrons. The molecule has 0 spiro atoms. The van der Waals surface area contributed by atoms with E-state index in [2.05, 4.69) is 25.3 Å². The number of carbonyl (C=O) groups is 3. The largest absolute Gasteiger partial charge is 0.487 e. The molecule has 2 amide bonds. The zero-order chi connectivity index (χ0) is 38.6. The summed E-state index contributed by atoms with van der Waals surface area (Å²) in [5, 5.41) is 17.3. The third kappa shape index (κ3) is 8.90. The number of ether oxygens (including phenoxy) is 3. The van der Waals surface area contributed by atoms with E-state index < -0.39 is 34.0 Å². The van der Waals surface area contributed by atoms with Crippen LogP contribution < -0.4 is 29.3 Å². The molecule has 54 heavy (non-hydrogen) atoms. The van der Waals surface area contributed by atoms with Crippen molar-refractivity contribution in [2.45, 2.75) is 39.8 Å². The van der Waals surface area contributed by atoms with Gasteiger partial charge in [0.2, 0.25) is 10.0 Å². The van der Waals surface area contributed by atoms with Crippen molar-refractivity contribution in [1.82, 2.24) is 15.0 Å². The number of hydrogen-bond donors (Lipinski definition) is 2. The van der Waals surface area contributed by atoms with Crippen LogP contribution in [0.1, 0.15) is 40.3 Å². The van der Waals surface area contributed by atoms with Crippen LogP contribution in [0.4, 0.5) is 17.1 Å². The van der Waals surface area contributed by atoms with Gasteiger partial charge in [0.25, 0.3) is 11.8 Å². The number of amides is 2. The Balaban J connectivity index is 1.22. The van der Waals surface area contributed by atoms with E-state index in [1.165, 1.54) is 6.07 Å². The molecule has 1 aliphatic rings. The Morgan fingerprint density at radius 2 is 1.59 bits per heavy atom. The number of esters is 1. The number of nitrogens with zero attached hydrogens (tertiary/aromatic N) is 5. The second-order valence-corrected chi connectivity index (χ2v) is 14.3. The molecule has 0 fully saturated rings. The van der Waals surface area contributed by atoms with Crippen LogP contribution in [0.15, 0.2) is 102 Å². The van der Waals surface area contributed by atoms with Gasteiger partial charge in [-0.1, -0.05) is 42.0 Å². The molecule has 0 bridgehead atoms. The summed E-state index contributed by atoms with van der Waals surface area (Å²) in [4.78, 5) is 41.2. The number of aryl methyl sites for hydroxylation is 3. The van der Waals surface area contributed by atoms with Gasteiger partial charge in [0.1, 0.15) is 29.6 Å². The van der Waals surface area contributed by atoms with Crippen molar-refractivity contribution in [3.8, 4) is 17.2 Å². The summed E-state index contributed by atoms with van der Waals surface area (Å²) >= 11 is 0. The maximum Gasteiger partial charge on any atom is 0.366 e. The highest BCUT2D eigenvalue weighted by Crippen LogP contribution is 2.29. The normalized spacial score (nSPS) is 14.6. The molecular weight excluding hydrogens is 715 g/mol. The SMILES string of the molecule is Cc1ccc(OC(C)C(=O)Nc2ccc(N3N=C(COc4cccc(NS(C)(=O)=O)c4)C(n4nc(C)c(C(=O)Oc5ccccc5)n4)C3=O)cc2)c(C)c1. The van der Waals surface area contributed by atoms with Crippen molar-refractivity contribution < 1.29 is 37.0 Å². The first-order chi connectivity index (χ1) is 25.7. The lowest BCUT2D eigenvalue weighted by molar-refractivity contribution is -0.122. The maximum absolute atomic E-state index is 14.1. The number of aromatic nitrogens is 3. The first kappa shape index (κ1) is 37.2. The minimum absolute atomic E-state index is 0.0965. The average molecular weight is 752 g/mol. The van der Waals surface area contributed by atoms with Crippen molar-refractivity contribution >= 4 is 50.6 Å². The lowest BCUT2D eigenvalue weighted by atomic mass is 10.1. The van der Waals surface area contributed by atoms with E-state index in [0.29, 0.717) is 28.6 Å². The molecule has 0 aliphatic carbocycles. The quantitative estimate of drug-likeness (QED) is 0.119. The van der Waals surface area contributed by atoms with Crippen LogP contribution in [0.3, 0.4) is 0 Å². The van der Waals surface area contributed by atoms with Crippen LogP contribution in [-0.4, -0.2) is 65.9 Å². The van der Waals surface area contributed by atoms with E-state index in [-0.39, 0.29) is 35.3 Å². The number of hydrogen-bond acceptors (Lipinski definition) is 11. The molecule has 5 aromatic rings. The Bertz CT molecular complexity index is 2350. The minimum atomic E-state index is -3.54. The van der Waals surface area contributed by atoms with Gasteiger partial charge in [0, 0.05) is 11.8 Å². The molecule has 2 unspecified atom stereocenters. The van der Waals surface area contributed by atoms with Crippen LogP contribution in [0.5, 0.6) is 17.2 Å². The van der Waals surface area contributed by atoms with Gasteiger partial charge in [0.15, 0.2) is 17.8 Å². The molecule has 4 aromatic carbocycles. The zero-order valence-electron chi connectivity index (χ0n) is 30.0. The first-order valence-corrected chi connectivity index (χ1v) is 18.6. The van der Waals surface area contributed by atoms with Crippen molar-refractivity contribution in [2.24, 2.45) is 5.10 Å². The van der Waals surface area contributed by atoms with Crippen LogP contribution >= 0.6 is 0 Å². The number of sulfonamides is 1. The van der Waals surface area contributed by atoms with Crippen molar-refractivity contribution in [3.05, 3.63) is 120 Å². The predicted octanol–water partition coefficient (Wildman–Crippen LogP) is 5.22. The zero-order valence-corrected chi connectivity index (χ0v) is 30.8. The van der Waals surface area contributed by atoms with Gasteiger partial charge >= 0.3 is 5.97 Å². The molecule has 2 N–H and O–H groups in total. The lowest BCUT2D eigenvalue weighted by Crippen LogP contribution is -2.33. The number of hydrazone groups is 1. The van der Waals surface area contributed by atoms with E-state index in [1.54, 1.807) is 86.6 Å². The van der Waals surface area contributed by atoms with Gasteiger partial charge in [0.05, 0.1) is 23.3 Å². The molecule has 278 valence electrons. The third-order valence-corrected chi connectivity index (χ3v) is 8.68. The van der Waals surface area contributed by atoms with Crippen LogP contribution in [-0.2, 0) is 19.6 Å². The molecule has 15 nitrogen and oxygen atoms in total. The van der Waals surface area contributed by atoms with Gasteiger partial charge in [-0.15, -0.1) is 5.10 Å². The van der Waals surface area contributed by atoms with E-state index in [1.807, 2.05) is 32.0 Å². The van der Waals surface area contributed by atoms with Gasteiger partial charge in [-0.3, -0.25) is 14.3 Å². The predicted molar refractivity (Wildman–Crippen MR) is 202 cm³/mol. The van der Waals surface area contributed by atoms with Gasteiger partial charge in [-0.05, 0) is 87.9 Å². The van der Waals surface area contributed by atoms with E-state index >= 15 is 0 Å². The molecule has 0 saturated heterocycles. The topological polar surface area (TPSA) is 183 Å². The molecule has 0 saturated carbocycles. The van der Waals surface area contributed by atoms with Crippen LogP contribution in [0.2, 0.25) is 0 Å². The number of nitrogens with one attached hydrogen (secondary N) is 2. The van der Waals surface area contributed by atoms with Crippen LogP contribution in [0, 0.1) is 20.8 Å². The Labute approximate surface area is 311 Å². The summed E-state index contributed by atoms with van der Waals surface area (Å²) in [5.41, 5.74) is 3.42. The molecule has 16 heteroatoms. The van der Waals surface area contributed by atoms with Gasteiger partial charge in [-0.2, -0.15) is 20.0 Å². The Kier molecular flexibility index (Phi) is 10.7. The highest BCUT2D eigenvalue weighted by atomic mass is 32.2. The number of anilines is 3. The fourth-order valence-corrected chi connectivity index (χ4v) is 6.04. The highest BCUT2D eigenvalue weighted by molar-refractivity contribution is 7.92. The monoisotopic (exact) mass is 751 g/mol. The smallest absolute Gasteiger partial charge is 0.366 e. The fraction of sp³-hybridized carbons (Fsp3) is 0.211. The number of rotatable bonds is 13. The number of para-hydroxylation sites is 1. The summed E-state index contributed by atoms with van der Waals surface area (Å²) in [5.74, 6) is -0.460. The minimum Gasteiger partial charge on any atom is -0.487 e. The third-order valence-electron chi connectivity index (χ3n) is 8.07. The summed E-state index contributed by atoms with van der Waals surface area (Å²) in [6, 6.07) is 25.7. The van der Waals surface area contributed by atoms with Crippen molar-refractivity contribution in [2.75, 3.05) is 27.9 Å². The fourth-order valence-electron chi connectivity index (χ4n) is 5.49. The molecular formula is C38H37N7O8S. The van der Waals surface area contributed by atoms with E-state index in [9.17, 15) is 22.8 Å². The lowest BCUT2D eigenvalue weighted by Gasteiger charge is -2.17. The summed E-state index contributed by atoms with van der Waals surface area (Å²) in [6.45, 7) is 6.88. The van der Waals surface area contributed by atoms with Crippen LogP contribution in [0.25, 0.3) is 0 Å². The average Bonchev–Trinajstić information content (AvgIpc) is 3.67. The number of carbonyl (C=O) groups excluding carboxylic acids is 3. The van der Waals surface area contributed by atoms with Crippen molar-refractivity contribution in [1.29, 1.82) is 0 Å². The molecule has 2 atom stereocenters. The Morgan fingerprint density at radius 3 is 2.30 bits per heavy atom. The standard InChI is InChI=1S/C38H37N7O8S/c1-23-14-19-33(24(2)20-23)52-26(4)36(46)39-27-15-17-29(18-16-27)44-37(47)35(32(41-44)22-51-31-13-9-10-28(21-31)43-54(5,49)50)45-40-25(3)34(42-45)38(48)53-30-11-7-6-8-12-30/h6-21,26,35,43H,22H2,1-5H3,(H,39,46). The molecule has 2 heterocycles. The van der Waals surface area contributed by atoms with Crippen molar-refractivity contribution in [3.63, 3.8) is 0 Å². The van der Waals surface area contributed by atoms with E-state index in [4.69, 9.17) is 14.2 Å². The number of benzene rings is 4. The first-order valence-electron chi connectivity index (χ1n) is 16.7. The second kappa shape index (κ2) is 15.6. The molecule has 6 rings (SSSR count). The molecule has 1 aromatic heterocycles. The molecule has 1 aliphatic heterocycles. The summed E-state index contributed by atoms with van der Waals surface area (Å²) in [7, 11) is -3.54. The Hall–Kier alpha value is -6.55. The van der Waals surface area contributed by atoms with Gasteiger partial charge < -0.3 is 19.5 Å². The maximum atomic E-state index is 14.1. The van der Waals surface area contributed by atoms with E-state index in [0.717, 1.165) is 27.2 Å². The second-order valence-electron chi connectivity index (χ2n) is 12.6. The summed E-state index contributed by atoms with van der Waals surface area (Å²) in [6.07, 6.45) is 0.242. The summed E-state index contributed by atoms with van der Waals surface area (Å²) < 4.78 is 43.2.